The van der Waals surface area contributed by atoms with Crippen LogP contribution in [0.1, 0.15) is 36.7 Å². The van der Waals surface area contributed by atoms with E-state index in [1.807, 2.05) is 18.2 Å². The van der Waals surface area contributed by atoms with E-state index in [-0.39, 0.29) is 6.79 Å². The summed E-state index contributed by atoms with van der Waals surface area (Å²) in [6, 6.07) is 5.64. The van der Waals surface area contributed by atoms with Gasteiger partial charge in [0, 0.05) is 30.2 Å². The average molecular weight is 328 g/mol. The van der Waals surface area contributed by atoms with E-state index in [4.69, 9.17) is 14.2 Å². The lowest BCUT2D eigenvalue weighted by atomic mass is 10.1. The third-order valence-corrected chi connectivity index (χ3v) is 4.46. The van der Waals surface area contributed by atoms with Gasteiger partial charge in [-0.05, 0) is 38.3 Å². The SMILES string of the molecule is CCOC(=O)c1cc(N2CCCCC2)c2cc3c(cc2n1)OCO3. The monoisotopic (exact) mass is 328 g/mol. The number of benzene rings is 1. The molecule has 2 aliphatic rings. The maximum Gasteiger partial charge on any atom is 0.357 e. The molecular weight excluding hydrogens is 308 g/mol. The van der Waals surface area contributed by atoms with Gasteiger partial charge in [0.15, 0.2) is 17.2 Å². The molecule has 0 amide bonds. The summed E-state index contributed by atoms with van der Waals surface area (Å²) in [5.74, 6) is 1.00. The average Bonchev–Trinajstić information content (AvgIpc) is 3.07. The molecule has 2 aliphatic heterocycles. The highest BCUT2D eigenvalue weighted by Crippen LogP contribution is 2.39. The zero-order valence-electron chi connectivity index (χ0n) is 13.7. The quantitative estimate of drug-likeness (QED) is 0.807. The highest BCUT2D eigenvalue weighted by molar-refractivity contribution is 5.99. The van der Waals surface area contributed by atoms with Gasteiger partial charge in [0.05, 0.1) is 12.1 Å². The van der Waals surface area contributed by atoms with Crippen LogP contribution in [0.5, 0.6) is 11.5 Å². The van der Waals surface area contributed by atoms with Crippen LogP contribution in [-0.4, -0.2) is 37.4 Å². The molecule has 6 heteroatoms. The van der Waals surface area contributed by atoms with Crippen LogP contribution in [0.25, 0.3) is 10.9 Å². The minimum atomic E-state index is -0.393. The van der Waals surface area contributed by atoms with Gasteiger partial charge < -0.3 is 19.1 Å². The lowest BCUT2D eigenvalue weighted by Gasteiger charge is -2.30. The van der Waals surface area contributed by atoms with Crippen LogP contribution in [0.4, 0.5) is 5.69 Å². The van der Waals surface area contributed by atoms with Crippen LogP contribution in [0.3, 0.4) is 0 Å². The first-order valence-corrected chi connectivity index (χ1v) is 8.42. The van der Waals surface area contributed by atoms with Gasteiger partial charge >= 0.3 is 5.97 Å². The zero-order valence-corrected chi connectivity index (χ0v) is 13.7. The zero-order chi connectivity index (χ0) is 16.5. The van der Waals surface area contributed by atoms with Crippen molar-refractivity contribution in [2.45, 2.75) is 26.2 Å². The number of aromatic nitrogens is 1. The van der Waals surface area contributed by atoms with Gasteiger partial charge in [-0.1, -0.05) is 0 Å². The summed E-state index contributed by atoms with van der Waals surface area (Å²) in [5.41, 5.74) is 2.08. The third-order valence-electron chi connectivity index (χ3n) is 4.46. The van der Waals surface area contributed by atoms with Gasteiger partial charge in [-0.25, -0.2) is 9.78 Å². The van der Waals surface area contributed by atoms with Crippen molar-refractivity contribution < 1.29 is 19.0 Å². The summed E-state index contributed by atoms with van der Waals surface area (Å²) in [4.78, 5) is 19.0. The summed E-state index contributed by atoms with van der Waals surface area (Å²) in [6.07, 6.45) is 3.56. The van der Waals surface area contributed by atoms with Gasteiger partial charge in [-0.15, -0.1) is 0 Å². The summed E-state index contributed by atoms with van der Waals surface area (Å²) >= 11 is 0. The minimum Gasteiger partial charge on any atom is -0.461 e. The maximum atomic E-state index is 12.2. The lowest BCUT2D eigenvalue weighted by molar-refractivity contribution is 0.0520. The highest BCUT2D eigenvalue weighted by Gasteiger charge is 2.22. The van der Waals surface area contributed by atoms with Crippen LogP contribution >= 0.6 is 0 Å². The number of hydrogen-bond acceptors (Lipinski definition) is 6. The molecule has 0 unspecified atom stereocenters. The predicted molar refractivity (Wildman–Crippen MR) is 89.9 cm³/mol. The Balaban J connectivity index is 1.87. The first-order chi connectivity index (χ1) is 11.8. The molecule has 0 spiro atoms. The Morgan fingerprint density at radius 1 is 1.17 bits per heavy atom. The Morgan fingerprint density at radius 2 is 1.92 bits per heavy atom. The van der Waals surface area contributed by atoms with E-state index < -0.39 is 5.97 Å². The van der Waals surface area contributed by atoms with E-state index in [2.05, 4.69) is 9.88 Å². The lowest BCUT2D eigenvalue weighted by Crippen LogP contribution is -2.30. The largest absolute Gasteiger partial charge is 0.461 e. The fourth-order valence-corrected chi connectivity index (χ4v) is 3.30. The van der Waals surface area contributed by atoms with Crippen molar-refractivity contribution in [3.63, 3.8) is 0 Å². The van der Waals surface area contributed by atoms with Gasteiger partial charge in [-0.3, -0.25) is 0 Å². The number of carbonyl (C=O) groups is 1. The number of piperidine rings is 1. The van der Waals surface area contributed by atoms with Crippen molar-refractivity contribution in [1.82, 2.24) is 4.98 Å². The van der Waals surface area contributed by atoms with E-state index in [0.717, 1.165) is 48.3 Å². The van der Waals surface area contributed by atoms with Crippen LogP contribution in [0.15, 0.2) is 18.2 Å². The topological polar surface area (TPSA) is 60.9 Å². The molecule has 24 heavy (non-hydrogen) atoms. The van der Waals surface area contributed by atoms with Crippen molar-refractivity contribution >= 4 is 22.6 Å². The summed E-state index contributed by atoms with van der Waals surface area (Å²) < 4.78 is 16.1. The normalized spacial score (nSPS) is 16.5. The van der Waals surface area contributed by atoms with Crippen molar-refractivity contribution in [1.29, 1.82) is 0 Å². The molecule has 0 N–H and O–H groups in total. The second-order valence-corrected chi connectivity index (χ2v) is 6.02. The molecule has 1 aromatic carbocycles. The van der Waals surface area contributed by atoms with Gasteiger partial charge in [0.2, 0.25) is 6.79 Å². The van der Waals surface area contributed by atoms with E-state index in [9.17, 15) is 4.79 Å². The van der Waals surface area contributed by atoms with Crippen LogP contribution in [0, 0.1) is 0 Å². The Kier molecular flexibility index (Phi) is 3.88. The Hall–Kier alpha value is -2.50. The van der Waals surface area contributed by atoms with Gasteiger partial charge in [-0.2, -0.15) is 0 Å². The number of ether oxygens (including phenoxy) is 3. The van der Waals surface area contributed by atoms with Crippen molar-refractivity contribution in [3.05, 3.63) is 23.9 Å². The van der Waals surface area contributed by atoms with E-state index >= 15 is 0 Å². The number of esters is 1. The maximum absolute atomic E-state index is 12.2. The van der Waals surface area contributed by atoms with E-state index in [1.54, 1.807) is 6.92 Å². The molecule has 1 fully saturated rings. The Morgan fingerprint density at radius 3 is 2.67 bits per heavy atom. The first kappa shape index (κ1) is 15.1. The number of anilines is 1. The minimum absolute atomic E-state index is 0.218. The molecule has 126 valence electrons. The smallest absolute Gasteiger partial charge is 0.357 e. The second kappa shape index (κ2) is 6.19. The number of rotatable bonds is 3. The number of nitrogens with zero attached hydrogens (tertiary/aromatic N) is 2. The number of pyridine rings is 1. The van der Waals surface area contributed by atoms with E-state index in [1.165, 1.54) is 6.42 Å². The highest BCUT2D eigenvalue weighted by atomic mass is 16.7. The molecular formula is C18H20N2O4. The molecule has 6 nitrogen and oxygen atoms in total. The first-order valence-electron chi connectivity index (χ1n) is 8.42. The summed E-state index contributed by atoms with van der Waals surface area (Å²) in [7, 11) is 0. The molecule has 4 rings (SSSR count). The van der Waals surface area contributed by atoms with E-state index in [0.29, 0.717) is 18.1 Å². The molecule has 1 aromatic heterocycles. The summed E-state index contributed by atoms with van der Waals surface area (Å²) in [6.45, 7) is 4.31. The van der Waals surface area contributed by atoms with Gasteiger partial charge in [0.1, 0.15) is 0 Å². The molecule has 0 bridgehead atoms. The number of carbonyl (C=O) groups excluding carboxylic acids is 1. The number of fused-ring (bicyclic) bond motifs is 2. The molecule has 0 atom stereocenters. The number of hydrogen-bond donors (Lipinski definition) is 0. The molecule has 2 aromatic rings. The molecule has 0 radical (unpaired) electrons. The fraction of sp³-hybridized carbons (Fsp3) is 0.444. The van der Waals surface area contributed by atoms with Crippen molar-refractivity contribution in [2.75, 3.05) is 31.4 Å². The third kappa shape index (κ3) is 2.62. The van der Waals surface area contributed by atoms with Crippen molar-refractivity contribution in [2.24, 2.45) is 0 Å². The second-order valence-electron chi connectivity index (χ2n) is 6.02. The van der Waals surface area contributed by atoms with Crippen LogP contribution < -0.4 is 14.4 Å². The van der Waals surface area contributed by atoms with Crippen LogP contribution in [0.2, 0.25) is 0 Å². The predicted octanol–water partition coefficient (Wildman–Crippen LogP) is 3.13. The Labute approximate surface area is 140 Å². The fourth-order valence-electron chi connectivity index (χ4n) is 3.30. The van der Waals surface area contributed by atoms with Crippen LogP contribution in [-0.2, 0) is 4.74 Å². The van der Waals surface area contributed by atoms with Crippen molar-refractivity contribution in [3.8, 4) is 11.5 Å². The standard InChI is InChI=1S/C18H20N2O4/c1-2-22-18(21)14-9-15(20-6-4-3-5-7-20)12-8-16-17(24-11-23-16)10-13(12)19-14/h8-10H,2-7,11H2,1H3. The molecule has 0 saturated carbocycles. The molecule has 3 heterocycles. The van der Waals surface area contributed by atoms with Gasteiger partial charge in [0.25, 0.3) is 0 Å². The Bertz CT molecular complexity index is 784. The molecule has 0 aliphatic carbocycles. The molecule has 1 saturated heterocycles. The summed E-state index contributed by atoms with van der Waals surface area (Å²) in [5, 5.41) is 0.981.